The van der Waals surface area contributed by atoms with Crippen molar-refractivity contribution in [2.75, 3.05) is 11.3 Å². The van der Waals surface area contributed by atoms with Gasteiger partial charge in [-0.3, -0.25) is 4.72 Å². The van der Waals surface area contributed by atoms with Gasteiger partial charge in [0, 0.05) is 11.9 Å². The monoisotopic (exact) mass is 354 g/mol. The number of sulfonamides is 1. The van der Waals surface area contributed by atoms with E-state index in [1.807, 2.05) is 6.92 Å². The van der Waals surface area contributed by atoms with Crippen LogP contribution in [-0.2, 0) is 14.8 Å². The minimum absolute atomic E-state index is 0.00617. The van der Waals surface area contributed by atoms with E-state index in [9.17, 15) is 13.2 Å². The highest BCUT2D eigenvalue weighted by Crippen LogP contribution is 2.17. The maximum Gasteiger partial charge on any atom is 0.338 e. The second kappa shape index (κ2) is 7.43. The lowest BCUT2D eigenvalue weighted by Gasteiger charge is -2.08. The van der Waals surface area contributed by atoms with Gasteiger partial charge in [0.2, 0.25) is 0 Å². The lowest BCUT2D eigenvalue weighted by Crippen LogP contribution is -2.13. The molecule has 0 atom stereocenters. The third-order valence-corrected chi connectivity index (χ3v) is 4.41. The van der Waals surface area contributed by atoms with E-state index < -0.39 is 16.0 Å². The van der Waals surface area contributed by atoms with Gasteiger partial charge in [-0.25, -0.2) is 18.2 Å². The average Bonchev–Trinajstić information content (AvgIpc) is 2.53. The second-order valence-electron chi connectivity index (χ2n) is 4.64. The van der Waals surface area contributed by atoms with Crippen molar-refractivity contribution < 1.29 is 17.9 Å². The first-order chi connectivity index (χ1) is 10.9. The van der Waals surface area contributed by atoms with Gasteiger partial charge in [0.05, 0.1) is 12.2 Å². The van der Waals surface area contributed by atoms with Crippen LogP contribution in [0.5, 0.6) is 0 Å². The highest BCUT2D eigenvalue weighted by atomic mass is 35.5. The number of aromatic nitrogens is 1. The van der Waals surface area contributed by atoms with Crippen molar-refractivity contribution in [1.82, 2.24) is 4.98 Å². The smallest absolute Gasteiger partial charge is 0.338 e. The molecule has 0 saturated heterocycles. The zero-order valence-corrected chi connectivity index (χ0v) is 13.9. The fourth-order valence-corrected chi connectivity index (χ4v) is 2.80. The maximum atomic E-state index is 12.2. The van der Waals surface area contributed by atoms with Gasteiger partial charge in [-0.2, -0.15) is 0 Å². The van der Waals surface area contributed by atoms with Crippen molar-refractivity contribution in [1.29, 1.82) is 0 Å². The van der Waals surface area contributed by atoms with E-state index in [0.29, 0.717) is 17.9 Å². The molecule has 1 heterocycles. The molecule has 8 heteroatoms. The van der Waals surface area contributed by atoms with Crippen molar-refractivity contribution in [2.45, 2.75) is 18.2 Å². The van der Waals surface area contributed by atoms with Crippen LogP contribution in [0.25, 0.3) is 0 Å². The van der Waals surface area contributed by atoms with Crippen LogP contribution in [0.1, 0.15) is 23.7 Å². The van der Waals surface area contributed by atoms with Crippen LogP contribution < -0.4 is 4.72 Å². The van der Waals surface area contributed by atoms with Crippen molar-refractivity contribution >= 4 is 33.3 Å². The molecule has 0 aliphatic rings. The molecule has 122 valence electrons. The summed E-state index contributed by atoms with van der Waals surface area (Å²) in [6, 6.07) is 8.72. The number of rotatable bonds is 6. The third-order valence-electron chi connectivity index (χ3n) is 2.82. The summed E-state index contributed by atoms with van der Waals surface area (Å²) in [6.07, 6.45) is 1.90. The topological polar surface area (TPSA) is 85.4 Å². The number of anilines is 1. The number of halogens is 1. The molecule has 0 fully saturated rings. The third kappa shape index (κ3) is 4.67. The lowest BCUT2D eigenvalue weighted by atomic mass is 10.2. The predicted molar refractivity (Wildman–Crippen MR) is 87.1 cm³/mol. The Morgan fingerprint density at radius 1 is 1.22 bits per heavy atom. The molecule has 1 aromatic heterocycles. The number of benzene rings is 1. The Kier molecular flexibility index (Phi) is 5.57. The lowest BCUT2D eigenvalue weighted by molar-refractivity contribution is 0.0505. The molecule has 2 rings (SSSR count). The van der Waals surface area contributed by atoms with Gasteiger partial charge >= 0.3 is 5.97 Å². The zero-order valence-electron chi connectivity index (χ0n) is 12.3. The molecule has 2 aromatic rings. The van der Waals surface area contributed by atoms with Crippen LogP contribution in [-0.4, -0.2) is 26.0 Å². The molecule has 0 radical (unpaired) electrons. The molecule has 0 unspecified atom stereocenters. The summed E-state index contributed by atoms with van der Waals surface area (Å²) in [6.45, 7) is 2.24. The highest BCUT2D eigenvalue weighted by molar-refractivity contribution is 7.92. The molecular formula is C15H15ClN2O4S. The molecule has 0 aliphatic carbocycles. The zero-order chi connectivity index (χ0) is 16.9. The van der Waals surface area contributed by atoms with E-state index in [4.69, 9.17) is 16.3 Å². The van der Waals surface area contributed by atoms with Gasteiger partial charge in [-0.15, -0.1) is 0 Å². The van der Waals surface area contributed by atoms with Crippen molar-refractivity contribution in [2.24, 2.45) is 0 Å². The molecule has 23 heavy (non-hydrogen) atoms. The van der Waals surface area contributed by atoms with Crippen LogP contribution >= 0.6 is 11.6 Å². The van der Waals surface area contributed by atoms with Gasteiger partial charge in [-0.05, 0) is 42.8 Å². The average molecular weight is 355 g/mol. The molecule has 0 bridgehead atoms. The van der Waals surface area contributed by atoms with E-state index >= 15 is 0 Å². The van der Waals surface area contributed by atoms with E-state index in [1.54, 1.807) is 0 Å². The molecular weight excluding hydrogens is 340 g/mol. The molecule has 6 nitrogen and oxygen atoms in total. The summed E-state index contributed by atoms with van der Waals surface area (Å²) >= 11 is 5.64. The summed E-state index contributed by atoms with van der Waals surface area (Å²) in [5.74, 6) is -0.442. The minimum atomic E-state index is -3.76. The van der Waals surface area contributed by atoms with Gasteiger partial charge in [0.15, 0.2) is 0 Å². The first-order valence-corrected chi connectivity index (χ1v) is 8.70. The summed E-state index contributed by atoms with van der Waals surface area (Å²) in [5, 5.41) is 0.207. The summed E-state index contributed by atoms with van der Waals surface area (Å²) in [7, 11) is -3.76. The molecule has 0 aliphatic heterocycles. The maximum absolute atomic E-state index is 12.2. The van der Waals surface area contributed by atoms with Crippen molar-refractivity contribution in [3.63, 3.8) is 0 Å². The van der Waals surface area contributed by atoms with Crippen molar-refractivity contribution in [3.05, 3.63) is 53.3 Å². The molecule has 1 N–H and O–H groups in total. The number of hydrogen-bond acceptors (Lipinski definition) is 5. The van der Waals surface area contributed by atoms with E-state index in [2.05, 4.69) is 9.71 Å². The number of carbonyl (C=O) groups is 1. The van der Waals surface area contributed by atoms with Crippen LogP contribution in [0.15, 0.2) is 47.5 Å². The van der Waals surface area contributed by atoms with Crippen LogP contribution in [0.2, 0.25) is 5.15 Å². The SMILES string of the molecule is CCCOC(=O)c1ccc(NS(=O)(=O)c2ccc(Cl)nc2)cc1. The van der Waals surface area contributed by atoms with Crippen LogP contribution in [0, 0.1) is 0 Å². The number of carbonyl (C=O) groups excluding carboxylic acids is 1. The molecule has 0 spiro atoms. The van der Waals surface area contributed by atoms with E-state index in [-0.39, 0.29) is 10.0 Å². The van der Waals surface area contributed by atoms with E-state index in [1.165, 1.54) is 42.6 Å². The predicted octanol–water partition coefficient (Wildman–Crippen LogP) is 3.10. The van der Waals surface area contributed by atoms with Gasteiger partial charge in [0.25, 0.3) is 10.0 Å². The fourth-order valence-electron chi connectivity index (χ4n) is 1.69. The van der Waals surface area contributed by atoms with E-state index in [0.717, 1.165) is 6.42 Å². The molecule has 0 saturated carbocycles. The number of nitrogens with zero attached hydrogens (tertiary/aromatic N) is 1. The fraction of sp³-hybridized carbons (Fsp3) is 0.200. The Labute approximate surface area is 139 Å². The largest absolute Gasteiger partial charge is 0.462 e. The minimum Gasteiger partial charge on any atom is -0.462 e. The first-order valence-electron chi connectivity index (χ1n) is 6.84. The Hall–Kier alpha value is -2.12. The first kappa shape index (κ1) is 17.2. The number of hydrogen-bond donors (Lipinski definition) is 1. The van der Waals surface area contributed by atoms with Gasteiger partial charge in [0.1, 0.15) is 10.0 Å². The molecule has 0 amide bonds. The molecule has 1 aromatic carbocycles. The normalized spacial score (nSPS) is 11.0. The number of nitrogens with one attached hydrogen (secondary N) is 1. The number of esters is 1. The highest BCUT2D eigenvalue weighted by Gasteiger charge is 2.15. The Morgan fingerprint density at radius 2 is 1.91 bits per heavy atom. The Balaban J connectivity index is 2.11. The Bertz CT molecular complexity index is 774. The quantitative estimate of drug-likeness (QED) is 0.636. The second-order valence-corrected chi connectivity index (χ2v) is 6.71. The van der Waals surface area contributed by atoms with Crippen LogP contribution in [0.3, 0.4) is 0 Å². The van der Waals surface area contributed by atoms with Gasteiger partial charge < -0.3 is 4.74 Å². The van der Waals surface area contributed by atoms with Gasteiger partial charge in [-0.1, -0.05) is 18.5 Å². The van der Waals surface area contributed by atoms with Crippen molar-refractivity contribution in [3.8, 4) is 0 Å². The summed E-state index contributed by atoms with van der Waals surface area (Å²) in [5.41, 5.74) is 0.682. The van der Waals surface area contributed by atoms with Crippen LogP contribution in [0.4, 0.5) is 5.69 Å². The number of pyridine rings is 1. The number of ether oxygens (including phenoxy) is 1. The summed E-state index contributed by atoms with van der Waals surface area (Å²) in [4.78, 5) is 15.4. The summed E-state index contributed by atoms with van der Waals surface area (Å²) < 4.78 is 31.8. The Morgan fingerprint density at radius 3 is 2.48 bits per heavy atom. The standard InChI is InChI=1S/C15H15ClN2O4S/c1-2-9-22-15(19)11-3-5-12(6-4-11)18-23(20,21)13-7-8-14(16)17-10-13/h3-8,10,18H,2,9H2,1H3.